The molecule has 0 saturated carbocycles. The fourth-order valence-corrected chi connectivity index (χ4v) is 8.58. The minimum atomic E-state index is -4.63. The van der Waals surface area contributed by atoms with Crippen LogP contribution in [-0.2, 0) is 0 Å². The van der Waals surface area contributed by atoms with Gasteiger partial charge < -0.3 is 4.74 Å². The van der Waals surface area contributed by atoms with Gasteiger partial charge in [-0.1, -0.05) is 75.4 Å². The first-order chi connectivity index (χ1) is 13.4. The summed E-state index contributed by atoms with van der Waals surface area (Å²) in [6.07, 6.45) is 8.18. The topological polar surface area (TPSA) is 9.23 Å². The largest absolute Gasteiger partial charge is 0.573 e. The van der Waals surface area contributed by atoms with Crippen LogP contribution in [0.25, 0.3) is 5.57 Å². The van der Waals surface area contributed by atoms with Crippen LogP contribution in [-0.4, -0.2) is 15.2 Å². The lowest BCUT2D eigenvalue weighted by Gasteiger charge is -2.35. The van der Waals surface area contributed by atoms with Crippen LogP contribution in [0.15, 0.2) is 30.3 Å². The number of unbranched alkanes of at least 4 members (excludes halogenated alkanes) is 2. The summed E-state index contributed by atoms with van der Waals surface area (Å²) >= 11 is 0. The molecule has 1 fully saturated rings. The van der Waals surface area contributed by atoms with E-state index in [-0.39, 0.29) is 5.75 Å². The molecule has 0 amide bonds. The summed E-state index contributed by atoms with van der Waals surface area (Å²) in [4.78, 5) is 0. The number of halogens is 3. The predicted molar refractivity (Wildman–Crippen MR) is 112 cm³/mol. The summed E-state index contributed by atoms with van der Waals surface area (Å²) in [5.74, 6) is 1.56. The second kappa shape index (κ2) is 9.99. The van der Waals surface area contributed by atoms with Gasteiger partial charge in [0, 0.05) is 8.80 Å². The zero-order chi connectivity index (χ0) is 20.0. The number of hydrogen-bond acceptors (Lipinski definition) is 1. The summed E-state index contributed by atoms with van der Waals surface area (Å²) in [6, 6.07) is 11.0. The van der Waals surface area contributed by atoms with Gasteiger partial charge in [-0.15, -0.1) is 13.2 Å². The Morgan fingerprint density at radius 2 is 1.71 bits per heavy atom. The van der Waals surface area contributed by atoms with Gasteiger partial charge in [0.1, 0.15) is 5.75 Å². The molecule has 1 aromatic carbocycles. The first kappa shape index (κ1) is 21.5. The first-order valence-electron chi connectivity index (χ1n) is 11.0. The van der Waals surface area contributed by atoms with E-state index in [1.165, 1.54) is 56.2 Å². The zero-order valence-corrected chi connectivity index (χ0v) is 18.1. The van der Waals surface area contributed by atoms with E-state index in [1.807, 2.05) is 0 Å². The number of hydrogen-bond donors (Lipinski definition) is 0. The Morgan fingerprint density at radius 3 is 2.29 bits per heavy atom. The molecular formula is C23H33F3OSi. The van der Waals surface area contributed by atoms with Gasteiger partial charge >= 0.3 is 6.36 Å². The fourth-order valence-electron chi connectivity index (χ4n) is 5.05. The molecule has 3 rings (SSSR count). The lowest BCUT2D eigenvalue weighted by atomic mass is 9.77. The van der Waals surface area contributed by atoms with E-state index in [4.69, 9.17) is 0 Å². The van der Waals surface area contributed by atoms with Crippen LogP contribution in [0.3, 0.4) is 0 Å². The van der Waals surface area contributed by atoms with Crippen molar-refractivity contribution in [3.8, 4) is 5.75 Å². The Hall–Kier alpha value is -1.23. The van der Waals surface area contributed by atoms with Crippen molar-refractivity contribution in [1.82, 2.24) is 0 Å². The van der Waals surface area contributed by atoms with Crippen LogP contribution in [0, 0.1) is 11.8 Å². The first-order valence-corrected chi connectivity index (χ1v) is 13.4. The Kier molecular flexibility index (Phi) is 7.67. The maximum atomic E-state index is 12.3. The van der Waals surface area contributed by atoms with Crippen LogP contribution in [0.4, 0.5) is 13.2 Å². The molecule has 1 aliphatic carbocycles. The molecule has 2 aliphatic rings. The molecule has 0 spiro atoms. The average molecular weight is 411 g/mol. The van der Waals surface area contributed by atoms with E-state index in [0.29, 0.717) is 0 Å². The second-order valence-electron chi connectivity index (χ2n) is 8.61. The van der Waals surface area contributed by atoms with Gasteiger partial charge in [-0.2, -0.15) is 0 Å². The van der Waals surface area contributed by atoms with Crippen LogP contribution >= 0.6 is 0 Å². The molecule has 1 heterocycles. The highest BCUT2D eigenvalue weighted by Crippen LogP contribution is 2.41. The number of rotatable bonds is 7. The summed E-state index contributed by atoms with van der Waals surface area (Å²) in [5, 5.41) is 0. The van der Waals surface area contributed by atoms with Gasteiger partial charge in [-0.25, -0.2) is 0 Å². The van der Waals surface area contributed by atoms with Crippen LogP contribution in [0.2, 0.25) is 18.1 Å². The molecule has 1 aromatic rings. The number of benzene rings is 1. The zero-order valence-electron chi connectivity index (χ0n) is 16.9. The van der Waals surface area contributed by atoms with Gasteiger partial charge in [-0.05, 0) is 54.4 Å². The monoisotopic (exact) mass is 410 g/mol. The molecule has 1 aliphatic heterocycles. The summed E-state index contributed by atoms with van der Waals surface area (Å²) in [6.45, 7) is 2.29. The minimum absolute atomic E-state index is 0.148. The van der Waals surface area contributed by atoms with E-state index in [9.17, 15) is 13.2 Å². The quantitative estimate of drug-likeness (QED) is 0.332. The van der Waals surface area contributed by atoms with Crippen molar-refractivity contribution in [2.75, 3.05) is 0 Å². The highest BCUT2D eigenvalue weighted by atomic mass is 28.3. The summed E-state index contributed by atoms with van der Waals surface area (Å²) in [5.41, 5.74) is 2.30. The van der Waals surface area contributed by atoms with Crippen molar-refractivity contribution < 1.29 is 17.9 Å². The molecule has 1 saturated heterocycles. The van der Waals surface area contributed by atoms with Gasteiger partial charge in [0.25, 0.3) is 0 Å². The van der Waals surface area contributed by atoms with Crippen molar-refractivity contribution in [3.05, 3.63) is 35.9 Å². The molecule has 1 atom stereocenters. The Labute approximate surface area is 169 Å². The van der Waals surface area contributed by atoms with Crippen molar-refractivity contribution in [2.45, 2.75) is 82.8 Å². The van der Waals surface area contributed by atoms with Crippen molar-refractivity contribution in [1.29, 1.82) is 0 Å². The van der Waals surface area contributed by atoms with Gasteiger partial charge in [0.05, 0.1) is 0 Å². The van der Waals surface area contributed by atoms with E-state index < -0.39 is 15.2 Å². The predicted octanol–water partition coefficient (Wildman–Crippen LogP) is 7.60. The van der Waals surface area contributed by atoms with E-state index in [1.54, 1.807) is 30.3 Å². The Balaban J connectivity index is 1.47. The average Bonchev–Trinajstić information content (AvgIpc) is 2.68. The second-order valence-corrected chi connectivity index (χ2v) is 12.1. The van der Waals surface area contributed by atoms with E-state index in [2.05, 4.69) is 17.7 Å². The van der Waals surface area contributed by atoms with Crippen LogP contribution < -0.4 is 4.74 Å². The molecule has 1 nitrogen and oxygen atoms in total. The maximum absolute atomic E-state index is 12.3. The maximum Gasteiger partial charge on any atom is 0.573 e. The third kappa shape index (κ3) is 6.40. The molecule has 156 valence electrons. The summed E-state index contributed by atoms with van der Waals surface area (Å²) < 4.78 is 40.8. The SMILES string of the molecule is CCCCC[Si@H]1CC[C@H](C2CC=C(c3ccc(OC(F)(F)F)cc3)CC2)CC1. The third-order valence-corrected chi connectivity index (χ3v) is 10.2. The third-order valence-electron chi connectivity index (χ3n) is 6.68. The Bertz CT molecular complexity index is 630. The highest BCUT2D eigenvalue weighted by molar-refractivity contribution is 6.58. The molecule has 5 heteroatoms. The number of ether oxygens (including phenoxy) is 1. The van der Waals surface area contributed by atoms with Crippen molar-refractivity contribution in [2.24, 2.45) is 11.8 Å². The standard InChI is InChI=1S/C23H33F3OSi/c1-2-3-4-15-28-16-13-21(14-17-28)19-7-5-18(6-8-19)20-9-11-22(12-10-20)27-23(24,25)26/h5,9-12,19,21,28H,2-4,6-8,13-17H2,1H3/t19?,21-,28-. The lowest BCUT2D eigenvalue weighted by Crippen LogP contribution is -2.26. The molecule has 1 unspecified atom stereocenters. The fraction of sp³-hybridized carbons (Fsp3) is 0.652. The summed E-state index contributed by atoms with van der Waals surface area (Å²) in [7, 11) is -0.440. The van der Waals surface area contributed by atoms with Crippen LogP contribution in [0.1, 0.15) is 63.9 Å². The van der Waals surface area contributed by atoms with Crippen molar-refractivity contribution >= 4 is 14.4 Å². The molecule has 0 aromatic heterocycles. The highest BCUT2D eigenvalue weighted by Gasteiger charge is 2.31. The molecule has 0 N–H and O–H groups in total. The van der Waals surface area contributed by atoms with Crippen LogP contribution in [0.5, 0.6) is 5.75 Å². The lowest BCUT2D eigenvalue weighted by molar-refractivity contribution is -0.274. The minimum Gasteiger partial charge on any atom is -0.406 e. The van der Waals surface area contributed by atoms with Gasteiger partial charge in [0.15, 0.2) is 0 Å². The van der Waals surface area contributed by atoms with E-state index in [0.717, 1.165) is 30.2 Å². The van der Waals surface area contributed by atoms with E-state index >= 15 is 0 Å². The Morgan fingerprint density at radius 1 is 1.00 bits per heavy atom. The van der Waals surface area contributed by atoms with Gasteiger partial charge in [0.2, 0.25) is 0 Å². The number of alkyl halides is 3. The molecular weight excluding hydrogens is 377 g/mol. The molecule has 0 bridgehead atoms. The number of allylic oxidation sites excluding steroid dienone is 2. The molecule has 0 radical (unpaired) electrons. The smallest absolute Gasteiger partial charge is 0.406 e. The molecule has 28 heavy (non-hydrogen) atoms. The normalized spacial score (nSPS) is 26.0. The van der Waals surface area contributed by atoms with Crippen molar-refractivity contribution in [3.63, 3.8) is 0 Å². The van der Waals surface area contributed by atoms with Gasteiger partial charge in [-0.3, -0.25) is 0 Å².